The predicted molar refractivity (Wildman–Crippen MR) is 65.7 cm³/mol. The molecule has 2 unspecified atom stereocenters. The van der Waals surface area contributed by atoms with Gasteiger partial charge >= 0.3 is 0 Å². The van der Waals surface area contributed by atoms with Crippen LogP contribution in [0.25, 0.3) is 0 Å². The molecule has 0 aliphatic carbocycles. The van der Waals surface area contributed by atoms with Crippen molar-refractivity contribution in [2.75, 3.05) is 19.6 Å². The van der Waals surface area contributed by atoms with E-state index >= 15 is 0 Å². The first kappa shape index (κ1) is 11.2. The summed E-state index contributed by atoms with van der Waals surface area (Å²) in [7, 11) is 2.00. The van der Waals surface area contributed by atoms with Gasteiger partial charge in [-0.3, -0.25) is 4.90 Å². The van der Waals surface area contributed by atoms with Gasteiger partial charge in [0.05, 0.1) is 0 Å². The molecule has 3 rings (SSSR count). The van der Waals surface area contributed by atoms with Gasteiger partial charge in [0.15, 0.2) is 0 Å². The van der Waals surface area contributed by atoms with E-state index < -0.39 is 0 Å². The Kier molecular flexibility index (Phi) is 3.11. The molecule has 2 fully saturated rings. The zero-order valence-electron chi connectivity index (χ0n) is 10.5. The Hall–Kier alpha value is -0.940. The molecule has 0 bridgehead atoms. The van der Waals surface area contributed by atoms with Crippen LogP contribution in [0.2, 0.25) is 0 Å². The third kappa shape index (κ3) is 2.21. The lowest BCUT2D eigenvalue weighted by molar-refractivity contribution is 0.299. The minimum absolute atomic E-state index is 0.700. The molecule has 1 aromatic heterocycles. The summed E-state index contributed by atoms with van der Waals surface area (Å²) in [4.78, 5) is 2.64. The lowest BCUT2D eigenvalue weighted by atomic mass is 10.1. The van der Waals surface area contributed by atoms with E-state index in [0.717, 1.165) is 24.8 Å². The number of hydrogen-bond acceptors (Lipinski definition) is 4. The largest absolute Gasteiger partial charge is 0.321 e. The summed E-state index contributed by atoms with van der Waals surface area (Å²) >= 11 is 0. The highest BCUT2D eigenvalue weighted by atomic mass is 15.3. The van der Waals surface area contributed by atoms with E-state index in [1.54, 1.807) is 6.33 Å². The van der Waals surface area contributed by atoms with Crippen LogP contribution >= 0.6 is 0 Å². The Morgan fingerprint density at radius 2 is 2.35 bits per heavy atom. The van der Waals surface area contributed by atoms with E-state index in [-0.39, 0.29) is 0 Å². The van der Waals surface area contributed by atoms with Crippen molar-refractivity contribution >= 4 is 0 Å². The molecule has 2 aliphatic heterocycles. The van der Waals surface area contributed by atoms with Crippen LogP contribution in [0.1, 0.15) is 25.1 Å². The summed E-state index contributed by atoms with van der Waals surface area (Å²) in [5, 5.41) is 11.7. The molecule has 2 aliphatic rings. The quantitative estimate of drug-likeness (QED) is 0.809. The summed E-state index contributed by atoms with van der Waals surface area (Å²) in [6.45, 7) is 3.61. The highest BCUT2D eigenvalue weighted by Gasteiger charge is 2.36. The van der Waals surface area contributed by atoms with Gasteiger partial charge < -0.3 is 9.88 Å². The van der Waals surface area contributed by atoms with E-state index in [1.807, 2.05) is 11.6 Å². The maximum absolute atomic E-state index is 4.11. The molecule has 5 heteroatoms. The number of nitrogens with zero attached hydrogens (tertiary/aromatic N) is 4. The maximum atomic E-state index is 4.11. The number of rotatable bonds is 4. The molecule has 2 atom stereocenters. The van der Waals surface area contributed by atoms with Crippen LogP contribution in [0.15, 0.2) is 6.33 Å². The molecule has 0 amide bonds. The van der Waals surface area contributed by atoms with Crippen LogP contribution in [0.3, 0.4) is 0 Å². The minimum Gasteiger partial charge on any atom is -0.321 e. The van der Waals surface area contributed by atoms with Crippen LogP contribution in [-0.2, 0) is 13.5 Å². The summed E-state index contributed by atoms with van der Waals surface area (Å²) in [6, 6.07) is 1.50. The standard InChI is InChI=1S/C12H21N5/c1-16-9-14-15-12(16)4-6-13-10-5-8-17-7-2-3-11(10)17/h9-11,13H,2-8H2,1H3. The number of nitrogens with one attached hydrogen (secondary N) is 1. The van der Waals surface area contributed by atoms with Gasteiger partial charge in [-0.2, -0.15) is 0 Å². The first-order chi connectivity index (χ1) is 8.34. The zero-order valence-corrected chi connectivity index (χ0v) is 10.5. The van der Waals surface area contributed by atoms with E-state index in [2.05, 4.69) is 20.4 Å². The Balaban J connectivity index is 1.47. The summed E-state index contributed by atoms with van der Waals surface area (Å²) in [6.07, 6.45) is 6.81. The van der Waals surface area contributed by atoms with Crippen LogP contribution in [0, 0.1) is 0 Å². The molecular weight excluding hydrogens is 214 g/mol. The molecule has 94 valence electrons. The Morgan fingerprint density at radius 1 is 1.41 bits per heavy atom. The van der Waals surface area contributed by atoms with E-state index in [1.165, 1.54) is 32.4 Å². The zero-order chi connectivity index (χ0) is 11.7. The Morgan fingerprint density at radius 3 is 3.18 bits per heavy atom. The lowest BCUT2D eigenvalue weighted by Crippen LogP contribution is -2.40. The van der Waals surface area contributed by atoms with E-state index in [4.69, 9.17) is 0 Å². The molecule has 0 saturated carbocycles. The van der Waals surface area contributed by atoms with Gasteiger partial charge in [-0.05, 0) is 25.8 Å². The molecule has 0 radical (unpaired) electrons. The van der Waals surface area contributed by atoms with Crippen LogP contribution in [0.4, 0.5) is 0 Å². The molecule has 17 heavy (non-hydrogen) atoms. The van der Waals surface area contributed by atoms with Gasteiger partial charge in [-0.1, -0.05) is 0 Å². The van der Waals surface area contributed by atoms with Crippen molar-refractivity contribution < 1.29 is 0 Å². The number of aryl methyl sites for hydroxylation is 1. The normalized spacial score (nSPS) is 28.8. The molecule has 1 aromatic rings. The van der Waals surface area contributed by atoms with Gasteiger partial charge in [0, 0.05) is 38.6 Å². The summed E-state index contributed by atoms with van der Waals surface area (Å²) < 4.78 is 2.00. The van der Waals surface area contributed by atoms with Crippen molar-refractivity contribution in [3.63, 3.8) is 0 Å². The van der Waals surface area contributed by atoms with E-state index in [0.29, 0.717) is 6.04 Å². The average Bonchev–Trinajstić information content (AvgIpc) is 2.98. The van der Waals surface area contributed by atoms with Crippen molar-refractivity contribution in [2.45, 2.75) is 37.8 Å². The van der Waals surface area contributed by atoms with Gasteiger partial charge in [0.25, 0.3) is 0 Å². The molecule has 5 nitrogen and oxygen atoms in total. The molecule has 3 heterocycles. The monoisotopic (exact) mass is 235 g/mol. The maximum Gasteiger partial charge on any atom is 0.133 e. The summed E-state index contributed by atoms with van der Waals surface area (Å²) in [5.74, 6) is 1.07. The smallest absolute Gasteiger partial charge is 0.133 e. The van der Waals surface area contributed by atoms with Crippen LogP contribution < -0.4 is 5.32 Å². The molecule has 2 saturated heterocycles. The fraction of sp³-hybridized carbons (Fsp3) is 0.833. The van der Waals surface area contributed by atoms with Crippen molar-refractivity contribution in [3.05, 3.63) is 12.2 Å². The van der Waals surface area contributed by atoms with Gasteiger partial charge in [0.2, 0.25) is 0 Å². The van der Waals surface area contributed by atoms with Crippen molar-refractivity contribution in [3.8, 4) is 0 Å². The fourth-order valence-electron chi connectivity index (χ4n) is 3.22. The first-order valence-electron chi connectivity index (χ1n) is 6.65. The van der Waals surface area contributed by atoms with Gasteiger partial charge in [-0.15, -0.1) is 10.2 Å². The molecular formula is C12H21N5. The minimum atomic E-state index is 0.700. The molecule has 0 spiro atoms. The third-order valence-electron chi connectivity index (χ3n) is 4.17. The van der Waals surface area contributed by atoms with Crippen LogP contribution in [-0.4, -0.2) is 51.4 Å². The summed E-state index contributed by atoms with van der Waals surface area (Å²) in [5.41, 5.74) is 0. The SMILES string of the molecule is Cn1cnnc1CCNC1CCN2CCCC12. The third-order valence-corrected chi connectivity index (χ3v) is 4.17. The second-order valence-electron chi connectivity index (χ2n) is 5.20. The van der Waals surface area contributed by atoms with Crippen molar-refractivity contribution in [1.82, 2.24) is 25.0 Å². The molecule has 0 aromatic carbocycles. The highest BCUT2D eigenvalue weighted by Crippen LogP contribution is 2.27. The van der Waals surface area contributed by atoms with E-state index in [9.17, 15) is 0 Å². The second-order valence-corrected chi connectivity index (χ2v) is 5.20. The highest BCUT2D eigenvalue weighted by molar-refractivity contribution is 4.96. The van der Waals surface area contributed by atoms with Crippen molar-refractivity contribution in [1.29, 1.82) is 0 Å². The van der Waals surface area contributed by atoms with Gasteiger partial charge in [0.1, 0.15) is 12.2 Å². The average molecular weight is 235 g/mol. The number of fused-ring (bicyclic) bond motifs is 1. The second kappa shape index (κ2) is 4.74. The predicted octanol–water partition coefficient (Wildman–Crippen LogP) is 0.184. The van der Waals surface area contributed by atoms with Gasteiger partial charge in [-0.25, -0.2) is 0 Å². The van der Waals surface area contributed by atoms with Crippen molar-refractivity contribution in [2.24, 2.45) is 7.05 Å². The Labute approximate surface area is 102 Å². The number of hydrogen-bond donors (Lipinski definition) is 1. The number of aromatic nitrogens is 3. The topological polar surface area (TPSA) is 46.0 Å². The van der Waals surface area contributed by atoms with Crippen LogP contribution in [0.5, 0.6) is 0 Å². The Bertz CT molecular complexity index is 375. The molecule has 1 N–H and O–H groups in total. The first-order valence-corrected chi connectivity index (χ1v) is 6.65. The lowest BCUT2D eigenvalue weighted by Gasteiger charge is -2.21. The fourth-order valence-corrected chi connectivity index (χ4v) is 3.22.